The van der Waals surface area contributed by atoms with Crippen molar-refractivity contribution in [2.24, 2.45) is 0 Å². The first-order valence-corrected chi connectivity index (χ1v) is 8.58. The van der Waals surface area contributed by atoms with Gasteiger partial charge in [-0.05, 0) is 24.6 Å². The van der Waals surface area contributed by atoms with Gasteiger partial charge >= 0.3 is 0 Å². The number of aliphatic hydroxyl groups excluding tert-OH is 1. The molecule has 0 aromatic carbocycles. The zero-order valence-corrected chi connectivity index (χ0v) is 11.5. The van der Waals surface area contributed by atoms with E-state index in [1.165, 1.54) is 0 Å². The van der Waals surface area contributed by atoms with Gasteiger partial charge in [0.15, 0.2) is 8.32 Å². The minimum Gasteiger partial charge on any atom is -0.414 e. The summed E-state index contributed by atoms with van der Waals surface area (Å²) < 4.78 is 11.4. The molecule has 1 rings (SSSR count). The van der Waals surface area contributed by atoms with E-state index < -0.39 is 8.32 Å². The van der Waals surface area contributed by atoms with Crippen molar-refractivity contribution in [1.82, 2.24) is 0 Å². The molecule has 1 fully saturated rings. The van der Waals surface area contributed by atoms with Gasteiger partial charge in [0.05, 0.1) is 12.7 Å². The van der Waals surface area contributed by atoms with Crippen molar-refractivity contribution in [3.05, 3.63) is 0 Å². The Morgan fingerprint density at radius 3 is 2.40 bits per heavy atom. The first-order valence-electron chi connectivity index (χ1n) is 5.68. The van der Waals surface area contributed by atoms with Crippen LogP contribution in [0.15, 0.2) is 0 Å². The fraction of sp³-hybridized carbons (Fsp3) is 1.00. The molecule has 90 valence electrons. The minimum atomic E-state index is -1.69. The first kappa shape index (κ1) is 13.2. The summed E-state index contributed by atoms with van der Waals surface area (Å²) in [4.78, 5) is 0. The van der Waals surface area contributed by atoms with Crippen molar-refractivity contribution in [1.29, 1.82) is 0 Å². The second-order valence-corrected chi connectivity index (χ2v) is 10.6. The maximum absolute atomic E-state index is 9.60. The second-order valence-electron chi connectivity index (χ2n) is 5.84. The van der Waals surface area contributed by atoms with Crippen molar-refractivity contribution in [3.8, 4) is 0 Å². The molecule has 0 saturated carbocycles. The van der Waals surface area contributed by atoms with Gasteiger partial charge in [0.2, 0.25) is 0 Å². The normalized spacial score (nSPS) is 28.4. The van der Waals surface area contributed by atoms with E-state index in [1.807, 2.05) is 0 Å². The van der Waals surface area contributed by atoms with E-state index in [4.69, 9.17) is 9.16 Å². The molecule has 0 amide bonds. The third kappa shape index (κ3) is 3.28. The predicted octanol–water partition coefficient (Wildman–Crippen LogP) is 2.16. The maximum atomic E-state index is 9.60. The Hall–Kier alpha value is 0.0969. The number of hydrogen-bond acceptors (Lipinski definition) is 3. The number of ether oxygens (including phenoxy) is 1. The fourth-order valence-electron chi connectivity index (χ4n) is 1.30. The standard InChI is InChI=1S/C11H24O3Si/c1-11(2,3)15(4,5)14-8-10-9(12)6-7-13-10/h9-10,12H,6-8H2,1-5H3. The monoisotopic (exact) mass is 232 g/mol. The average molecular weight is 232 g/mol. The van der Waals surface area contributed by atoms with E-state index in [-0.39, 0.29) is 17.2 Å². The summed E-state index contributed by atoms with van der Waals surface area (Å²) in [6.45, 7) is 12.3. The van der Waals surface area contributed by atoms with Crippen molar-refractivity contribution < 1.29 is 14.3 Å². The van der Waals surface area contributed by atoms with E-state index in [9.17, 15) is 5.11 Å². The van der Waals surface area contributed by atoms with Gasteiger partial charge in [0.1, 0.15) is 6.10 Å². The van der Waals surface area contributed by atoms with Crippen molar-refractivity contribution in [2.75, 3.05) is 13.2 Å². The van der Waals surface area contributed by atoms with Crippen LogP contribution in [0.5, 0.6) is 0 Å². The fourth-order valence-corrected chi connectivity index (χ4v) is 2.32. The predicted molar refractivity (Wildman–Crippen MR) is 63.5 cm³/mol. The van der Waals surface area contributed by atoms with Gasteiger partial charge in [-0.15, -0.1) is 0 Å². The molecule has 0 bridgehead atoms. The lowest BCUT2D eigenvalue weighted by atomic mass is 10.2. The highest BCUT2D eigenvalue weighted by Crippen LogP contribution is 2.36. The van der Waals surface area contributed by atoms with Gasteiger partial charge in [-0.1, -0.05) is 20.8 Å². The summed E-state index contributed by atoms with van der Waals surface area (Å²) in [6, 6.07) is 0. The summed E-state index contributed by atoms with van der Waals surface area (Å²) in [5, 5.41) is 9.82. The Morgan fingerprint density at radius 1 is 1.40 bits per heavy atom. The van der Waals surface area contributed by atoms with E-state index in [0.717, 1.165) is 6.42 Å². The minimum absolute atomic E-state index is 0.112. The largest absolute Gasteiger partial charge is 0.414 e. The van der Waals surface area contributed by atoms with Crippen molar-refractivity contribution in [3.63, 3.8) is 0 Å². The van der Waals surface area contributed by atoms with Crippen LogP contribution < -0.4 is 0 Å². The van der Waals surface area contributed by atoms with Gasteiger partial charge in [0, 0.05) is 6.61 Å². The topological polar surface area (TPSA) is 38.7 Å². The summed E-state index contributed by atoms with van der Waals surface area (Å²) in [5.41, 5.74) is 0. The molecule has 4 heteroatoms. The summed E-state index contributed by atoms with van der Waals surface area (Å²) in [6.07, 6.45) is 0.291. The summed E-state index contributed by atoms with van der Waals surface area (Å²) >= 11 is 0. The zero-order chi connectivity index (χ0) is 11.7. The summed E-state index contributed by atoms with van der Waals surface area (Å²) in [5.74, 6) is 0. The zero-order valence-electron chi connectivity index (χ0n) is 10.5. The Balaban J connectivity index is 2.42. The third-order valence-corrected chi connectivity index (χ3v) is 8.09. The maximum Gasteiger partial charge on any atom is 0.192 e. The molecule has 1 aliphatic rings. The van der Waals surface area contributed by atoms with Crippen LogP contribution in [0.3, 0.4) is 0 Å². The van der Waals surface area contributed by atoms with Crippen molar-refractivity contribution in [2.45, 2.75) is 57.5 Å². The molecule has 2 atom stereocenters. The van der Waals surface area contributed by atoms with Crippen LogP contribution in [-0.4, -0.2) is 38.8 Å². The summed E-state index contributed by atoms with van der Waals surface area (Å²) in [7, 11) is -1.69. The molecule has 1 saturated heterocycles. The van der Waals surface area contributed by atoms with Crippen molar-refractivity contribution >= 4 is 8.32 Å². The Bertz CT molecular complexity index is 210. The highest BCUT2D eigenvalue weighted by atomic mass is 28.4. The number of aliphatic hydroxyl groups is 1. The molecule has 2 unspecified atom stereocenters. The molecular weight excluding hydrogens is 208 g/mol. The van der Waals surface area contributed by atoms with Gasteiger partial charge in [0.25, 0.3) is 0 Å². The lowest BCUT2D eigenvalue weighted by Gasteiger charge is -2.37. The van der Waals surface area contributed by atoms with Crippen LogP contribution in [0.2, 0.25) is 18.1 Å². The molecule has 1 N–H and O–H groups in total. The lowest BCUT2D eigenvalue weighted by molar-refractivity contribution is 0.00746. The van der Waals surface area contributed by atoms with E-state index in [2.05, 4.69) is 33.9 Å². The van der Waals surface area contributed by atoms with Crippen LogP contribution in [0.25, 0.3) is 0 Å². The van der Waals surface area contributed by atoms with E-state index in [1.54, 1.807) is 0 Å². The molecule has 1 aliphatic heterocycles. The highest BCUT2D eigenvalue weighted by molar-refractivity contribution is 6.74. The lowest BCUT2D eigenvalue weighted by Crippen LogP contribution is -2.43. The van der Waals surface area contributed by atoms with Crippen LogP contribution in [0.1, 0.15) is 27.2 Å². The molecule has 0 aromatic heterocycles. The van der Waals surface area contributed by atoms with Gasteiger partial charge in [-0.25, -0.2) is 0 Å². The smallest absolute Gasteiger partial charge is 0.192 e. The highest BCUT2D eigenvalue weighted by Gasteiger charge is 2.38. The second kappa shape index (κ2) is 4.53. The SMILES string of the molecule is CC(C)(C)[Si](C)(C)OCC1OCCC1O. The Morgan fingerprint density at radius 2 is 2.00 bits per heavy atom. The Labute approximate surface area is 93.9 Å². The van der Waals surface area contributed by atoms with Gasteiger partial charge in [-0.2, -0.15) is 0 Å². The van der Waals surface area contributed by atoms with Crippen LogP contribution >= 0.6 is 0 Å². The van der Waals surface area contributed by atoms with Crippen LogP contribution in [-0.2, 0) is 9.16 Å². The van der Waals surface area contributed by atoms with Gasteiger partial charge < -0.3 is 14.3 Å². The van der Waals surface area contributed by atoms with E-state index in [0.29, 0.717) is 13.2 Å². The number of hydrogen-bond donors (Lipinski definition) is 1. The molecule has 0 radical (unpaired) electrons. The number of rotatable bonds is 3. The molecule has 1 heterocycles. The molecule has 15 heavy (non-hydrogen) atoms. The Kier molecular flexibility index (Phi) is 3.98. The van der Waals surface area contributed by atoms with Crippen LogP contribution in [0, 0.1) is 0 Å². The molecule has 3 nitrogen and oxygen atoms in total. The molecule has 0 aliphatic carbocycles. The molecule has 0 aromatic rings. The molecular formula is C11H24O3Si. The van der Waals surface area contributed by atoms with E-state index >= 15 is 0 Å². The third-order valence-electron chi connectivity index (χ3n) is 3.59. The van der Waals surface area contributed by atoms with Crippen LogP contribution in [0.4, 0.5) is 0 Å². The molecule has 0 spiro atoms. The van der Waals surface area contributed by atoms with Gasteiger partial charge in [-0.3, -0.25) is 0 Å². The first-order chi connectivity index (χ1) is 6.74. The average Bonchev–Trinajstić information content (AvgIpc) is 2.46. The quantitative estimate of drug-likeness (QED) is 0.758.